The van der Waals surface area contributed by atoms with Crippen molar-refractivity contribution in [2.45, 2.75) is 5.16 Å². The summed E-state index contributed by atoms with van der Waals surface area (Å²) in [7, 11) is 0. The summed E-state index contributed by atoms with van der Waals surface area (Å²) in [5, 5.41) is 8.99. The van der Waals surface area contributed by atoms with E-state index in [1.54, 1.807) is 6.26 Å². The fourth-order valence-electron chi connectivity index (χ4n) is 0.731. The topological polar surface area (TPSA) is 80.2 Å². The van der Waals surface area contributed by atoms with Crippen LogP contribution in [0.1, 0.15) is 20.8 Å². The van der Waals surface area contributed by atoms with Crippen LogP contribution in [0.4, 0.5) is 0 Å². The largest absolute Gasteiger partial charge is 0.476 e. The zero-order chi connectivity index (χ0) is 9.84. The Bertz CT molecular complexity index is 354. The number of carbonyl (C=O) groups excluding carboxylic acids is 1. The van der Waals surface area contributed by atoms with Gasteiger partial charge in [-0.15, -0.1) is 0 Å². The lowest BCUT2D eigenvalue weighted by Gasteiger charge is -1.99. The third-order valence-corrected chi connectivity index (χ3v) is 1.87. The lowest BCUT2D eigenvalue weighted by Crippen LogP contribution is -2.07. The van der Waals surface area contributed by atoms with Crippen molar-refractivity contribution in [3.05, 3.63) is 17.5 Å². The lowest BCUT2D eigenvalue weighted by molar-refractivity contribution is 0.0686. The van der Waals surface area contributed by atoms with Gasteiger partial charge in [-0.2, -0.15) is 0 Å². The molecule has 0 radical (unpaired) electrons. The second-order valence-corrected chi connectivity index (χ2v) is 2.86. The van der Waals surface area contributed by atoms with Gasteiger partial charge in [0.25, 0.3) is 0 Å². The van der Waals surface area contributed by atoms with E-state index < -0.39 is 5.97 Å². The molecule has 1 rings (SSSR count). The van der Waals surface area contributed by atoms with Crippen molar-refractivity contribution in [3.8, 4) is 0 Å². The smallest absolute Gasteiger partial charge is 0.355 e. The van der Waals surface area contributed by atoms with Crippen molar-refractivity contribution in [1.29, 1.82) is 0 Å². The van der Waals surface area contributed by atoms with Crippen LogP contribution in [0, 0.1) is 0 Å². The molecular formula is C7H6N2O3S. The summed E-state index contributed by atoms with van der Waals surface area (Å²) in [4.78, 5) is 28.4. The van der Waals surface area contributed by atoms with E-state index in [1.165, 1.54) is 18.0 Å². The number of aromatic nitrogens is 2. The third kappa shape index (κ3) is 2.03. The quantitative estimate of drug-likeness (QED) is 0.437. The molecule has 0 bridgehead atoms. The van der Waals surface area contributed by atoms with Crippen LogP contribution in [0.5, 0.6) is 0 Å². The molecule has 68 valence electrons. The molecule has 0 atom stereocenters. The van der Waals surface area contributed by atoms with Gasteiger partial charge < -0.3 is 5.11 Å². The zero-order valence-electron chi connectivity index (χ0n) is 6.72. The summed E-state index contributed by atoms with van der Waals surface area (Å²) >= 11 is 1.22. The van der Waals surface area contributed by atoms with Crippen molar-refractivity contribution in [3.63, 3.8) is 0 Å². The summed E-state index contributed by atoms with van der Waals surface area (Å²) < 4.78 is 0. The molecule has 0 saturated carbocycles. The molecule has 0 aromatic carbocycles. The van der Waals surface area contributed by atoms with Gasteiger partial charge in [0.05, 0.1) is 5.56 Å². The molecule has 0 spiro atoms. The van der Waals surface area contributed by atoms with Gasteiger partial charge in [0.1, 0.15) is 0 Å². The maximum Gasteiger partial charge on any atom is 0.355 e. The van der Waals surface area contributed by atoms with Gasteiger partial charge in [-0.3, -0.25) is 4.79 Å². The van der Waals surface area contributed by atoms with E-state index in [0.29, 0.717) is 11.4 Å². The molecular weight excluding hydrogens is 192 g/mol. The van der Waals surface area contributed by atoms with Gasteiger partial charge in [-0.05, 0) is 6.26 Å². The second-order valence-electron chi connectivity index (χ2n) is 2.08. The Labute approximate surface area is 78.2 Å². The van der Waals surface area contributed by atoms with Crippen LogP contribution < -0.4 is 0 Å². The fraction of sp³-hybridized carbons (Fsp3) is 0.143. The highest BCUT2D eigenvalue weighted by molar-refractivity contribution is 7.98. The van der Waals surface area contributed by atoms with Crippen LogP contribution in [0.15, 0.2) is 11.4 Å². The van der Waals surface area contributed by atoms with Gasteiger partial charge in [-0.1, -0.05) is 11.8 Å². The Morgan fingerprint density at radius 1 is 1.69 bits per heavy atom. The number of hydrogen-bond acceptors (Lipinski definition) is 5. The molecule has 6 heteroatoms. The first-order valence-corrected chi connectivity index (χ1v) is 4.51. The van der Waals surface area contributed by atoms with Crippen molar-refractivity contribution < 1.29 is 14.7 Å². The molecule has 5 nitrogen and oxygen atoms in total. The maximum absolute atomic E-state index is 10.6. The molecule has 13 heavy (non-hydrogen) atoms. The van der Waals surface area contributed by atoms with E-state index in [9.17, 15) is 9.59 Å². The van der Waals surface area contributed by atoms with Crippen LogP contribution in [-0.2, 0) is 0 Å². The van der Waals surface area contributed by atoms with Crippen molar-refractivity contribution in [2.75, 3.05) is 6.26 Å². The molecule has 0 aliphatic carbocycles. The molecule has 1 N–H and O–H groups in total. The molecule has 0 aliphatic heterocycles. The number of aromatic carboxylic acids is 1. The van der Waals surface area contributed by atoms with Gasteiger partial charge in [0.2, 0.25) is 0 Å². The summed E-state index contributed by atoms with van der Waals surface area (Å²) in [5.41, 5.74) is -0.264. The van der Waals surface area contributed by atoms with Crippen LogP contribution in [0.3, 0.4) is 0 Å². The van der Waals surface area contributed by atoms with E-state index in [-0.39, 0.29) is 11.3 Å². The Kier molecular flexibility index (Phi) is 2.97. The molecule has 0 amide bonds. The minimum atomic E-state index is -1.22. The first-order valence-electron chi connectivity index (χ1n) is 3.28. The van der Waals surface area contributed by atoms with Gasteiger partial charge in [-0.25, -0.2) is 14.8 Å². The second kappa shape index (κ2) is 3.99. The van der Waals surface area contributed by atoms with Crippen LogP contribution in [0.2, 0.25) is 0 Å². The Hall–Kier alpha value is -1.43. The predicted octanol–water partition coefficient (Wildman–Crippen LogP) is 0.709. The average molecular weight is 198 g/mol. The molecule has 1 aromatic rings. The SMILES string of the molecule is CSc1ncc(C=O)c(C(=O)O)n1. The number of hydrogen-bond donors (Lipinski definition) is 1. The molecule has 0 fully saturated rings. The minimum Gasteiger partial charge on any atom is -0.476 e. The normalized spacial score (nSPS) is 9.62. The maximum atomic E-state index is 10.6. The van der Waals surface area contributed by atoms with E-state index in [2.05, 4.69) is 9.97 Å². The summed E-state index contributed by atoms with van der Waals surface area (Å²) in [6.45, 7) is 0. The molecule has 0 aliphatic rings. The molecule has 1 aromatic heterocycles. The van der Waals surface area contributed by atoms with Crippen molar-refractivity contribution >= 4 is 24.0 Å². The van der Waals surface area contributed by atoms with Gasteiger partial charge in [0.15, 0.2) is 17.1 Å². The molecule has 1 heterocycles. The third-order valence-electron chi connectivity index (χ3n) is 1.31. The number of carbonyl (C=O) groups is 2. The van der Waals surface area contributed by atoms with E-state index >= 15 is 0 Å². The van der Waals surface area contributed by atoms with E-state index in [4.69, 9.17) is 5.11 Å². The highest BCUT2D eigenvalue weighted by atomic mass is 32.2. The number of carboxylic acid groups (broad SMARTS) is 1. The van der Waals surface area contributed by atoms with Crippen molar-refractivity contribution in [1.82, 2.24) is 9.97 Å². The summed E-state index contributed by atoms with van der Waals surface area (Å²) in [6, 6.07) is 0. The molecule has 0 unspecified atom stereocenters. The number of carboxylic acids is 1. The monoisotopic (exact) mass is 198 g/mol. The van der Waals surface area contributed by atoms with Crippen LogP contribution in [0.25, 0.3) is 0 Å². The fourth-order valence-corrected chi connectivity index (χ4v) is 1.07. The predicted molar refractivity (Wildman–Crippen MR) is 46.2 cm³/mol. The number of rotatable bonds is 3. The van der Waals surface area contributed by atoms with Gasteiger partial charge in [0, 0.05) is 6.20 Å². The number of thioether (sulfide) groups is 1. The Balaban J connectivity index is 3.25. The highest BCUT2D eigenvalue weighted by Crippen LogP contribution is 2.10. The number of aldehydes is 1. The Morgan fingerprint density at radius 2 is 2.38 bits per heavy atom. The standard InChI is InChI=1S/C7H6N2O3S/c1-13-7-8-2-4(3-10)5(9-7)6(11)12/h2-3H,1H3,(H,11,12). The van der Waals surface area contributed by atoms with Crippen LogP contribution >= 0.6 is 11.8 Å². The van der Waals surface area contributed by atoms with E-state index in [1.807, 2.05) is 0 Å². The minimum absolute atomic E-state index is 0.00898. The molecule has 0 saturated heterocycles. The zero-order valence-corrected chi connectivity index (χ0v) is 7.54. The summed E-state index contributed by atoms with van der Waals surface area (Å²) in [5.74, 6) is -1.22. The first kappa shape index (κ1) is 9.66. The lowest BCUT2D eigenvalue weighted by atomic mass is 10.2. The van der Waals surface area contributed by atoms with Crippen LogP contribution in [-0.4, -0.2) is 33.6 Å². The highest BCUT2D eigenvalue weighted by Gasteiger charge is 2.12. The number of nitrogens with zero attached hydrogens (tertiary/aromatic N) is 2. The van der Waals surface area contributed by atoms with E-state index in [0.717, 1.165) is 0 Å². The first-order chi connectivity index (χ1) is 6.19. The van der Waals surface area contributed by atoms with Gasteiger partial charge >= 0.3 is 5.97 Å². The Morgan fingerprint density at radius 3 is 2.85 bits per heavy atom. The average Bonchev–Trinajstić information content (AvgIpc) is 2.16. The van der Waals surface area contributed by atoms with Crippen molar-refractivity contribution in [2.24, 2.45) is 0 Å². The summed E-state index contributed by atoms with van der Waals surface area (Å²) in [6.07, 6.45) is 3.35.